The summed E-state index contributed by atoms with van der Waals surface area (Å²) in [5.41, 5.74) is 2.40. The first-order valence-corrected chi connectivity index (χ1v) is 6.63. The maximum absolute atomic E-state index is 11.0. The molecule has 6 heteroatoms. The molecule has 0 atom stereocenters. The van der Waals surface area contributed by atoms with Crippen LogP contribution in [0.4, 0.5) is 5.69 Å². The summed E-state index contributed by atoms with van der Waals surface area (Å²) >= 11 is 1.60. The summed E-state index contributed by atoms with van der Waals surface area (Å²) in [4.78, 5) is 14.5. The van der Waals surface area contributed by atoms with Gasteiger partial charge in [0, 0.05) is 23.2 Å². The van der Waals surface area contributed by atoms with Crippen molar-refractivity contribution in [2.75, 3.05) is 10.5 Å². The number of hydrazone groups is 1. The van der Waals surface area contributed by atoms with E-state index in [0.29, 0.717) is 17.6 Å². The maximum Gasteiger partial charge on any atom is 0.153 e. The molecule has 0 aliphatic heterocycles. The predicted octanol–water partition coefficient (Wildman–Crippen LogP) is 2.21. The van der Waals surface area contributed by atoms with E-state index in [9.17, 15) is 4.79 Å². The number of aldehydes is 1. The fourth-order valence-corrected chi connectivity index (χ4v) is 1.86. The number of benzene rings is 1. The highest BCUT2D eigenvalue weighted by atomic mass is 32.2. The lowest BCUT2D eigenvalue weighted by Gasteiger charge is -2.07. The summed E-state index contributed by atoms with van der Waals surface area (Å²) in [6, 6.07) is 7.47. The third-order valence-corrected chi connectivity index (χ3v) is 2.92. The summed E-state index contributed by atoms with van der Waals surface area (Å²) in [6.07, 6.45) is 1.98. The molecule has 0 spiro atoms. The number of rotatable bonds is 7. The van der Waals surface area contributed by atoms with Crippen LogP contribution in [0.3, 0.4) is 0 Å². The molecule has 19 heavy (non-hydrogen) atoms. The molecular weight excluding hydrogens is 260 g/mol. The van der Waals surface area contributed by atoms with E-state index in [-0.39, 0.29) is 0 Å². The van der Waals surface area contributed by atoms with Crippen LogP contribution in [-0.2, 0) is 4.79 Å². The molecule has 0 saturated heterocycles. The largest absolute Gasteiger partial charge is 0.330 e. The van der Waals surface area contributed by atoms with E-state index >= 15 is 0 Å². The van der Waals surface area contributed by atoms with Crippen molar-refractivity contribution in [2.45, 2.75) is 6.92 Å². The quantitative estimate of drug-likeness (QED) is 0.200. The van der Waals surface area contributed by atoms with E-state index in [4.69, 9.17) is 5.84 Å². The van der Waals surface area contributed by atoms with Crippen molar-refractivity contribution < 1.29 is 4.79 Å². The van der Waals surface area contributed by atoms with Gasteiger partial charge in [-0.1, -0.05) is 31.0 Å². The molecule has 0 amide bonds. The van der Waals surface area contributed by atoms with Crippen LogP contribution in [0, 0.1) is 0 Å². The number of aliphatic imine (C=N–C) groups is 1. The lowest BCUT2D eigenvalue weighted by Crippen LogP contribution is -2.09. The zero-order valence-electron chi connectivity index (χ0n) is 10.7. The van der Waals surface area contributed by atoms with Gasteiger partial charge in [-0.05, 0) is 18.9 Å². The van der Waals surface area contributed by atoms with Gasteiger partial charge in [0.2, 0.25) is 0 Å². The minimum atomic E-state index is 0.293. The summed E-state index contributed by atoms with van der Waals surface area (Å²) in [6.45, 7) is 5.38. The van der Waals surface area contributed by atoms with E-state index in [1.54, 1.807) is 11.9 Å². The second-order valence-electron chi connectivity index (χ2n) is 3.47. The average Bonchev–Trinajstić information content (AvgIpc) is 2.46. The molecule has 3 N–H and O–H groups in total. The molecule has 1 aromatic carbocycles. The van der Waals surface area contributed by atoms with E-state index in [1.807, 2.05) is 24.3 Å². The number of allylic oxidation sites excluding steroid dienone is 1. The molecule has 5 nitrogen and oxygen atoms in total. The number of nitrogens with two attached hydrogens (primary N) is 1. The first-order chi connectivity index (χ1) is 9.26. The third kappa shape index (κ3) is 4.26. The molecule has 0 unspecified atom stereocenters. The minimum absolute atomic E-state index is 0.293. The lowest BCUT2D eigenvalue weighted by molar-refractivity contribution is -0.104. The van der Waals surface area contributed by atoms with Crippen molar-refractivity contribution >= 4 is 36.4 Å². The van der Waals surface area contributed by atoms with Gasteiger partial charge in [0.25, 0.3) is 0 Å². The standard InChI is InChI=1S/C13H16N4OS/c1-3-19-17-12-6-4-10(5-7-12)13(16-14)11(9-18)8-15-2/h4-9,17H,2-3,14H2,1H3/b11-8+,16-13-. The van der Waals surface area contributed by atoms with Crippen LogP contribution < -0.4 is 10.6 Å². The molecule has 0 heterocycles. The summed E-state index contributed by atoms with van der Waals surface area (Å²) in [7, 11) is 0. The Morgan fingerprint density at radius 1 is 1.47 bits per heavy atom. The Kier molecular flexibility index (Phi) is 6.38. The van der Waals surface area contributed by atoms with Crippen molar-refractivity contribution in [3.05, 3.63) is 41.6 Å². The number of nitrogens with one attached hydrogen (secondary N) is 1. The van der Waals surface area contributed by atoms with Gasteiger partial charge in [-0.25, -0.2) is 0 Å². The fraction of sp³-hybridized carbons (Fsp3) is 0.154. The molecule has 0 aromatic heterocycles. The van der Waals surface area contributed by atoms with Crippen molar-refractivity contribution in [2.24, 2.45) is 15.9 Å². The Morgan fingerprint density at radius 2 is 2.16 bits per heavy atom. The topological polar surface area (TPSA) is 79.8 Å². The van der Waals surface area contributed by atoms with Crippen molar-refractivity contribution in [1.82, 2.24) is 0 Å². The van der Waals surface area contributed by atoms with Crippen LogP contribution in [0.2, 0.25) is 0 Å². The summed E-state index contributed by atoms with van der Waals surface area (Å²) in [5, 5.41) is 3.64. The Bertz CT molecular complexity index is 494. The van der Waals surface area contributed by atoms with E-state index in [2.05, 4.69) is 28.5 Å². The third-order valence-electron chi connectivity index (χ3n) is 2.25. The SMILES string of the molecule is C=N/C=C(C=O)/C(=N\N)c1ccc(NSCC)cc1. The smallest absolute Gasteiger partial charge is 0.153 e. The first kappa shape index (κ1) is 15.0. The Hall–Kier alpha value is -2.08. The minimum Gasteiger partial charge on any atom is -0.330 e. The van der Waals surface area contributed by atoms with Crippen molar-refractivity contribution in [1.29, 1.82) is 0 Å². The van der Waals surface area contributed by atoms with Crippen molar-refractivity contribution in [3.8, 4) is 0 Å². The highest BCUT2D eigenvalue weighted by Gasteiger charge is 2.09. The highest BCUT2D eigenvalue weighted by Crippen LogP contribution is 2.16. The zero-order valence-corrected chi connectivity index (χ0v) is 11.5. The molecule has 0 fully saturated rings. The van der Waals surface area contributed by atoms with E-state index < -0.39 is 0 Å². The molecule has 0 aliphatic carbocycles. The number of anilines is 1. The fourth-order valence-electron chi connectivity index (χ4n) is 1.41. The number of carbonyl (C=O) groups is 1. The van der Waals surface area contributed by atoms with E-state index in [1.165, 1.54) is 6.20 Å². The molecule has 1 aromatic rings. The van der Waals surface area contributed by atoms with Crippen LogP contribution in [0.5, 0.6) is 0 Å². The lowest BCUT2D eigenvalue weighted by atomic mass is 10.0. The predicted molar refractivity (Wildman–Crippen MR) is 82.6 cm³/mol. The van der Waals surface area contributed by atoms with Gasteiger partial charge < -0.3 is 10.6 Å². The van der Waals surface area contributed by atoms with Crippen LogP contribution in [0.1, 0.15) is 12.5 Å². The van der Waals surface area contributed by atoms with Gasteiger partial charge in [-0.3, -0.25) is 9.79 Å². The maximum atomic E-state index is 11.0. The van der Waals surface area contributed by atoms with Crippen LogP contribution in [-0.4, -0.2) is 24.5 Å². The van der Waals surface area contributed by atoms with Crippen LogP contribution >= 0.6 is 11.9 Å². The number of nitrogens with zero attached hydrogens (tertiary/aromatic N) is 2. The van der Waals surface area contributed by atoms with E-state index in [0.717, 1.165) is 17.0 Å². The molecule has 1 rings (SSSR count). The molecule has 100 valence electrons. The second kappa shape index (κ2) is 8.10. The van der Waals surface area contributed by atoms with Gasteiger partial charge in [-0.15, -0.1) is 0 Å². The van der Waals surface area contributed by atoms with Gasteiger partial charge in [0.15, 0.2) is 6.29 Å². The van der Waals surface area contributed by atoms with Crippen LogP contribution in [0.15, 0.2) is 46.1 Å². The number of carbonyl (C=O) groups excluding carboxylic acids is 1. The highest BCUT2D eigenvalue weighted by molar-refractivity contribution is 8.00. The zero-order chi connectivity index (χ0) is 14.1. The summed E-state index contributed by atoms with van der Waals surface area (Å²) < 4.78 is 3.18. The molecule has 0 bridgehead atoms. The normalized spacial score (nSPS) is 12.1. The van der Waals surface area contributed by atoms with Gasteiger partial charge in [0.05, 0.1) is 5.57 Å². The van der Waals surface area contributed by atoms with Crippen LogP contribution in [0.25, 0.3) is 0 Å². The Balaban J connectivity index is 2.97. The molecule has 0 radical (unpaired) electrons. The van der Waals surface area contributed by atoms with Gasteiger partial charge in [-0.2, -0.15) is 5.10 Å². The molecule has 0 saturated carbocycles. The Labute approximate surface area is 116 Å². The first-order valence-electron chi connectivity index (χ1n) is 5.64. The average molecular weight is 276 g/mol. The van der Waals surface area contributed by atoms with Crippen molar-refractivity contribution in [3.63, 3.8) is 0 Å². The second-order valence-corrected chi connectivity index (χ2v) is 4.55. The molecule has 0 aliphatic rings. The Morgan fingerprint density at radius 3 is 2.63 bits per heavy atom. The van der Waals surface area contributed by atoms with Gasteiger partial charge >= 0.3 is 0 Å². The number of hydrogen-bond acceptors (Lipinski definition) is 6. The number of hydrogen-bond donors (Lipinski definition) is 2. The van der Waals surface area contributed by atoms with Gasteiger partial charge in [0.1, 0.15) is 5.71 Å². The monoisotopic (exact) mass is 276 g/mol. The molecular formula is C13H16N4OS. The summed E-state index contributed by atoms with van der Waals surface area (Å²) in [5.74, 6) is 6.31.